The number of ketones is 1. The summed E-state index contributed by atoms with van der Waals surface area (Å²) in [5.41, 5.74) is -0.983. The molecule has 2 fully saturated rings. The Morgan fingerprint density at radius 1 is 1.29 bits per heavy atom. The number of rotatable bonds is 2. The maximum atomic E-state index is 12.8. The molecule has 0 bridgehead atoms. The van der Waals surface area contributed by atoms with Gasteiger partial charge in [0, 0.05) is 0 Å². The predicted molar refractivity (Wildman–Crippen MR) is 87.9 cm³/mol. The molecule has 4 atom stereocenters. The van der Waals surface area contributed by atoms with Gasteiger partial charge in [-0.25, -0.2) is 0 Å². The van der Waals surface area contributed by atoms with Gasteiger partial charge >= 0.3 is 0 Å². The first-order valence-corrected chi connectivity index (χ1v) is 11.8. The highest BCUT2D eigenvalue weighted by Gasteiger charge is 2.69. The molecule has 3 aliphatic carbocycles. The summed E-state index contributed by atoms with van der Waals surface area (Å²) in [6.07, 6.45) is 7.01. The highest BCUT2D eigenvalue weighted by molar-refractivity contribution is 6.84. The minimum atomic E-state index is -1.60. The average molecular weight is 308 g/mol. The number of likely N-dealkylation sites (N-methyl/N-ethyl adjacent to an activating group) is 1. The molecule has 3 nitrogen and oxygen atoms in total. The quantitative estimate of drug-likeness (QED) is 0.797. The average Bonchev–Trinajstić information content (AvgIpc) is 2.81. The molecule has 3 rings (SSSR count). The third kappa shape index (κ3) is 1.88. The van der Waals surface area contributed by atoms with Crippen molar-refractivity contribution in [3.63, 3.8) is 0 Å². The Morgan fingerprint density at radius 3 is 2.52 bits per heavy atom. The predicted octanol–water partition coefficient (Wildman–Crippen LogP) is 2.61. The highest BCUT2D eigenvalue weighted by Crippen LogP contribution is 2.61. The van der Waals surface area contributed by atoms with E-state index in [0.717, 1.165) is 25.7 Å². The smallest absolute Gasteiger partial charge is 0.163 e. The summed E-state index contributed by atoms with van der Waals surface area (Å²) in [6.45, 7) is 6.98. The number of carbonyl (C=O) groups excluding carboxylic acids is 1. The molecule has 0 aliphatic heterocycles. The van der Waals surface area contributed by atoms with Gasteiger partial charge in [0.1, 0.15) is 0 Å². The first-order chi connectivity index (χ1) is 9.64. The molecule has 0 radical (unpaired) electrons. The van der Waals surface area contributed by atoms with Gasteiger partial charge in [-0.3, -0.25) is 9.69 Å². The second-order valence-corrected chi connectivity index (χ2v) is 13.6. The monoisotopic (exact) mass is 307 g/mol. The molecule has 0 heterocycles. The molecule has 0 aromatic rings. The van der Waals surface area contributed by atoms with Gasteiger partial charge in [0.15, 0.2) is 5.78 Å². The van der Waals surface area contributed by atoms with Gasteiger partial charge in [-0.1, -0.05) is 37.7 Å². The van der Waals surface area contributed by atoms with E-state index in [1.807, 2.05) is 6.08 Å². The molecule has 0 amide bonds. The zero-order valence-corrected chi connectivity index (χ0v) is 15.1. The summed E-state index contributed by atoms with van der Waals surface area (Å²) in [7, 11) is 2.60. The van der Waals surface area contributed by atoms with Crippen molar-refractivity contribution in [2.75, 3.05) is 14.1 Å². The minimum absolute atomic E-state index is 0.188. The zero-order valence-electron chi connectivity index (χ0n) is 14.1. The van der Waals surface area contributed by atoms with E-state index in [1.54, 1.807) is 0 Å². The van der Waals surface area contributed by atoms with Crippen molar-refractivity contribution in [2.24, 2.45) is 11.8 Å². The second kappa shape index (κ2) is 4.53. The van der Waals surface area contributed by atoms with Crippen LogP contribution in [0.2, 0.25) is 19.6 Å². The Hall–Kier alpha value is -0.453. The molecule has 0 spiro atoms. The van der Waals surface area contributed by atoms with E-state index in [2.05, 4.69) is 38.6 Å². The Balaban J connectivity index is 2.16. The summed E-state index contributed by atoms with van der Waals surface area (Å²) in [5, 5.41) is 12.7. The maximum Gasteiger partial charge on any atom is 0.163 e. The lowest BCUT2D eigenvalue weighted by molar-refractivity contribution is -0.133. The molecule has 21 heavy (non-hydrogen) atoms. The van der Waals surface area contributed by atoms with Crippen LogP contribution in [0.15, 0.2) is 11.3 Å². The van der Waals surface area contributed by atoms with Crippen LogP contribution in [-0.2, 0) is 4.79 Å². The second-order valence-electron chi connectivity index (χ2n) is 8.60. The highest BCUT2D eigenvalue weighted by atomic mass is 28.3. The molecule has 4 heteroatoms. The van der Waals surface area contributed by atoms with Crippen molar-refractivity contribution >= 4 is 13.9 Å². The van der Waals surface area contributed by atoms with Gasteiger partial charge in [0.2, 0.25) is 0 Å². The molecule has 2 saturated carbocycles. The van der Waals surface area contributed by atoms with Crippen LogP contribution < -0.4 is 0 Å². The molecule has 0 saturated heterocycles. The van der Waals surface area contributed by atoms with E-state index in [0.29, 0.717) is 5.92 Å². The van der Waals surface area contributed by atoms with Gasteiger partial charge in [-0.2, -0.15) is 0 Å². The summed E-state index contributed by atoms with van der Waals surface area (Å²) in [6, 6.07) is 0. The summed E-state index contributed by atoms with van der Waals surface area (Å²) >= 11 is 0. The maximum absolute atomic E-state index is 12.8. The normalized spacial score (nSPS) is 43.0. The molecule has 1 N–H and O–H groups in total. The van der Waals surface area contributed by atoms with E-state index in [9.17, 15) is 9.90 Å². The van der Waals surface area contributed by atoms with Crippen molar-refractivity contribution in [3.8, 4) is 0 Å². The van der Waals surface area contributed by atoms with Crippen LogP contribution in [0.4, 0.5) is 0 Å². The van der Waals surface area contributed by atoms with E-state index in [-0.39, 0.29) is 17.2 Å². The fourth-order valence-corrected chi connectivity index (χ4v) is 7.81. The minimum Gasteiger partial charge on any atom is -0.389 e. The van der Waals surface area contributed by atoms with Crippen LogP contribution in [0.3, 0.4) is 0 Å². The van der Waals surface area contributed by atoms with Gasteiger partial charge in [0.25, 0.3) is 0 Å². The van der Waals surface area contributed by atoms with E-state index >= 15 is 0 Å². The fourth-order valence-electron chi connectivity index (χ4n) is 5.46. The molecule has 118 valence electrons. The van der Waals surface area contributed by atoms with Crippen molar-refractivity contribution in [1.82, 2.24) is 4.90 Å². The van der Waals surface area contributed by atoms with Gasteiger partial charge in [0.05, 0.1) is 25.1 Å². The van der Waals surface area contributed by atoms with Gasteiger partial charge in [-0.15, -0.1) is 0 Å². The topological polar surface area (TPSA) is 40.5 Å². The third-order valence-corrected chi connectivity index (χ3v) is 8.46. The Labute approximate surface area is 129 Å². The van der Waals surface area contributed by atoms with Crippen LogP contribution in [-0.4, -0.2) is 49.1 Å². The van der Waals surface area contributed by atoms with Gasteiger partial charge in [-0.05, 0) is 45.4 Å². The van der Waals surface area contributed by atoms with Crippen LogP contribution in [0.5, 0.6) is 0 Å². The van der Waals surface area contributed by atoms with Crippen LogP contribution in [0, 0.1) is 11.8 Å². The number of allylic oxidation sites excluding steroid dienone is 1. The number of fused-ring (bicyclic) bond motifs is 3. The van der Waals surface area contributed by atoms with Crippen molar-refractivity contribution in [2.45, 2.75) is 62.9 Å². The molecule has 0 aromatic heterocycles. The first kappa shape index (κ1) is 15.4. The number of hydrogen-bond acceptors (Lipinski definition) is 3. The van der Waals surface area contributed by atoms with Gasteiger partial charge < -0.3 is 5.11 Å². The third-order valence-electron chi connectivity index (χ3n) is 6.27. The number of carbonyl (C=O) groups is 1. The van der Waals surface area contributed by atoms with E-state index in [1.165, 1.54) is 11.6 Å². The van der Waals surface area contributed by atoms with E-state index in [4.69, 9.17) is 0 Å². The standard InChI is InChI=1S/C17H29NO2Si/c1-18(2)16-11-12-8-6-7-9-17(12,20)15(16)13(19)10-14(16)21(3,4)5/h10,12,15,20H,6-9,11H2,1-5H3/t12-,15-,16-,17+/m1/s1. The molecule has 0 unspecified atom stereocenters. The largest absolute Gasteiger partial charge is 0.389 e. The SMILES string of the molecule is CN(C)[C@@]12C[C@H]3CCCC[C@@]3(O)[C@@H]1C(=O)C=C2[Si](C)(C)C. The fraction of sp³-hybridized carbons (Fsp3) is 0.824. The van der Waals surface area contributed by atoms with Crippen LogP contribution in [0.1, 0.15) is 32.1 Å². The number of hydrogen-bond donors (Lipinski definition) is 1. The van der Waals surface area contributed by atoms with Crippen molar-refractivity contribution in [3.05, 3.63) is 11.3 Å². The Bertz CT molecular complexity index is 507. The lowest BCUT2D eigenvalue weighted by Gasteiger charge is -2.45. The number of aliphatic hydroxyl groups is 1. The lowest BCUT2D eigenvalue weighted by Crippen LogP contribution is -2.57. The summed E-state index contributed by atoms with van der Waals surface area (Å²) in [4.78, 5) is 15.1. The Kier molecular flexibility index (Phi) is 3.33. The molecular weight excluding hydrogens is 278 g/mol. The van der Waals surface area contributed by atoms with Crippen molar-refractivity contribution < 1.29 is 9.90 Å². The Morgan fingerprint density at radius 2 is 1.95 bits per heavy atom. The zero-order chi connectivity index (χ0) is 15.6. The summed E-state index contributed by atoms with van der Waals surface area (Å²) < 4.78 is 0. The molecule has 0 aromatic carbocycles. The lowest BCUT2D eigenvalue weighted by atomic mass is 9.72. The first-order valence-electron chi connectivity index (χ1n) is 8.30. The number of nitrogens with zero attached hydrogens (tertiary/aromatic N) is 1. The van der Waals surface area contributed by atoms with Crippen LogP contribution in [0.25, 0.3) is 0 Å². The molecular formula is C17H29NO2Si. The molecule has 3 aliphatic rings. The van der Waals surface area contributed by atoms with Crippen molar-refractivity contribution in [1.29, 1.82) is 0 Å². The van der Waals surface area contributed by atoms with Crippen LogP contribution >= 0.6 is 0 Å². The summed E-state index contributed by atoms with van der Waals surface area (Å²) in [5.74, 6) is 0.252. The van der Waals surface area contributed by atoms with E-state index < -0.39 is 13.7 Å².